The number of amides is 2. The van der Waals surface area contributed by atoms with E-state index in [1.807, 2.05) is 0 Å². The van der Waals surface area contributed by atoms with Crippen LogP contribution in [-0.4, -0.2) is 53.8 Å². The van der Waals surface area contributed by atoms with Crippen molar-refractivity contribution in [3.05, 3.63) is 90.6 Å². The number of hydrogen-bond acceptors (Lipinski definition) is 6. The quantitative estimate of drug-likeness (QED) is 0.406. The Bertz CT molecular complexity index is 1600. The number of benzene rings is 2. The van der Waals surface area contributed by atoms with Crippen molar-refractivity contribution < 1.29 is 22.4 Å². The van der Waals surface area contributed by atoms with Gasteiger partial charge in [0.25, 0.3) is 5.91 Å². The maximum atomic E-state index is 15.3. The molecule has 0 aliphatic carbocycles. The highest BCUT2D eigenvalue weighted by atomic mass is 32.2. The van der Waals surface area contributed by atoms with Crippen molar-refractivity contribution in [1.29, 1.82) is 0 Å². The molecule has 0 saturated carbocycles. The fourth-order valence-corrected chi connectivity index (χ4v) is 5.38. The fraction of sp³-hybridized carbons (Fsp3) is 0.185. The van der Waals surface area contributed by atoms with Crippen LogP contribution in [0.1, 0.15) is 23.2 Å². The Morgan fingerprint density at radius 1 is 1.11 bits per heavy atom. The van der Waals surface area contributed by atoms with Gasteiger partial charge in [-0.15, -0.1) is 0 Å². The first-order chi connectivity index (χ1) is 18.2. The van der Waals surface area contributed by atoms with Gasteiger partial charge in [-0.25, -0.2) is 22.5 Å². The van der Waals surface area contributed by atoms with Crippen LogP contribution in [0.4, 0.5) is 10.1 Å². The van der Waals surface area contributed by atoms with E-state index in [9.17, 15) is 18.0 Å². The molecule has 0 bridgehead atoms. The first kappa shape index (κ1) is 25.3. The van der Waals surface area contributed by atoms with Gasteiger partial charge in [-0.2, -0.15) is 5.10 Å². The van der Waals surface area contributed by atoms with Gasteiger partial charge < -0.3 is 10.2 Å². The van der Waals surface area contributed by atoms with Crippen molar-refractivity contribution in [2.75, 3.05) is 17.7 Å². The SMILES string of the molecule is CS(=O)(=O)c1ccccc1-c1ccc(N2CCCC(NC(=O)c3ccc(-n4cccn4)nc3)C2=O)c(F)c1. The van der Waals surface area contributed by atoms with Crippen molar-refractivity contribution in [2.24, 2.45) is 0 Å². The summed E-state index contributed by atoms with van der Waals surface area (Å²) in [4.78, 5) is 31.7. The number of anilines is 1. The molecule has 1 aliphatic rings. The third-order valence-corrected chi connectivity index (χ3v) is 7.48. The zero-order valence-corrected chi connectivity index (χ0v) is 21.2. The Morgan fingerprint density at radius 2 is 1.92 bits per heavy atom. The van der Waals surface area contributed by atoms with Crippen molar-refractivity contribution in [3.8, 4) is 16.9 Å². The summed E-state index contributed by atoms with van der Waals surface area (Å²) in [5, 5.41) is 6.83. The lowest BCUT2D eigenvalue weighted by Gasteiger charge is -2.33. The number of halogens is 1. The number of sulfone groups is 1. The lowest BCUT2D eigenvalue weighted by molar-refractivity contribution is -0.121. The second kappa shape index (κ2) is 10.2. The van der Waals surface area contributed by atoms with E-state index in [1.54, 1.807) is 59.5 Å². The minimum absolute atomic E-state index is 0.0692. The number of carbonyl (C=O) groups is 2. The molecular formula is C27H24FN5O4S. The summed E-state index contributed by atoms with van der Waals surface area (Å²) in [5.74, 6) is -0.999. The van der Waals surface area contributed by atoms with E-state index in [0.717, 1.165) is 6.26 Å². The van der Waals surface area contributed by atoms with Crippen LogP contribution in [0.25, 0.3) is 16.9 Å². The van der Waals surface area contributed by atoms with Crippen LogP contribution in [0.2, 0.25) is 0 Å². The van der Waals surface area contributed by atoms with Gasteiger partial charge in [0.1, 0.15) is 11.9 Å². The summed E-state index contributed by atoms with van der Waals surface area (Å²) in [7, 11) is -3.53. The molecule has 1 unspecified atom stereocenters. The average Bonchev–Trinajstić information content (AvgIpc) is 3.45. The van der Waals surface area contributed by atoms with Gasteiger partial charge in [0.05, 0.1) is 16.1 Å². The number of piperidine rings is 1. The molecule has 4 aromatic rings. The molecule has 2 amide bonds. The Balaban J connectivity index is 1.33. The van der Waals surface area contributed by atoms with Crippen LogP contribution in [0, 0.1) is 5.82 Å². The highest BCUT2D eigenvalue weighted by molar-refractivity contribution is 7.90. The smallest absolute Gasteiger partial charge is 0.253 e. The molecule has 9 nitrogen and oxygen atoms in total. The molecule has 0 spiro atoms. The summed E-state index contributed by atoms with van der Waals surface area (Å²) in [6.45, 7) is 0.293. The Morgan fingerprint density at radius 3 is 2.61 bits per heavy atom. The van der Waals surface area contributed by atoms with Crippen LogP contribution in [0.3, 0.4) is 0 Å². The number of pyridine rings is 1. The van der Waals surface area contributed by atoms with E-state index in [1.165, 1.54) is 29.3 Å². The highest BCUT2D eigenvalue weighted by Crippen LogP contribution is 2.32. The molecule has 38 heavy (non-hydrogen) atoms. The van der Waals surface area contributed by atoms with Gasteiger partial charge in [0.2, 0.25) is 5.91 Å². The maximum absolute atomic E-state index is 15.3. The number of hydrogen-bond donors (Lipinski definition) is 1. The van der Waals surface area contributed by atoms with Crippen LogP contribution < -0.4 is 10.2 Å². The van der Waals surface area contributed by atoms with E-state index < -0.39 is 33.5 Å². The molecule has 2 aromatic heterocycles. The number of aromatic nitrogens is 3. The van der Waals surface area contributed by atoms with Gasteiger partial charge in [0.15, 0.2) is 15.7 Å². The van der Waals surface area contributed by atoms with E-state index in [-0.39, 0.29) is 16.1 Å². The van der Waals surface area contributed by atoms with Crippen LogP contribution in [-0.2, 0) is 14.6 Å². The maximum Gasteiger partial charge on any atom is 0.253 e. The van der Waals surface area contributed by atoms with Crippen molar-refractivity contribution >= 4 is 27.3 Å². The Labute approximate surface area is 218 Å². The van der Waals surface area contributed by atoms with Gasteiger partial charge in [-0.1, -0.05) is 24.3 Å². The number of rotatable bonds is 6. The minimum atomic E-state index is -3.53. The van der Waals surface area contributed by atoms with E-state index in [4.69, 9.17) is 0 Å². The first-order valence-electron chi connectivity index (χ1n) is 11.9. The number of nitrogens with zero attached hydrogens (tertiary/aromatic N) is 4. The van der Waals surface area contributed by atoms with E-state index in [0.29, 0.717) is 36.3 Å². The summed E-state index contributed by atoms with van der Waals surface area (Å²) >= 11 is 0. The topological polar surface area (TPSA) is 114 Å². The third-order valence-electron chi connectivity index (χ3n) is 6.33. The fourth-order valence-electron chi connectivity index (χ4n) is 4.47. The molecule has 2 aromatic carbocycles. The molecule has 1 atom stereocenters. The largest absolute Gasteiger partial charge is 0.340 e. The highest BCUT2D eigenvalue weighted by Gasteiger charge is 2.32. The molecular weight excluding hydrogens is 509 g/mol. The summed E-state index contributed by atoms with van der Waals surface area (Å²) in [6, 6.07) is 14.8. The molecule has 3 heterocycles. The molecule has 5 rings (SSSR count). The van der Waals surface area contributed by atoms with Crippen LogP contribution in [0.15, 0.2) is 84.1 Å². The third kappa shape index (κ3) is 5.05. The Kier molecular flexibility index (Phi) is 6.77. The van der Waals surface area contributed by atoms with Crippen LogP contribution >= 0.6 is 0 Å². The molecule has 0 radical (unpaired) electrons. The van der Waals surface area contributed by atoms with Gasteiger partial charge >= 0.3 is 0 Å². The Hall–Kier alpha value is -4.38. The molecule has 1 N–H and O–H groups in total. The summed E-state index contributed by atoms with van der Waals surface area (Å²) < 4.78 is 41.2. The summed E-state index contributed by atoms with van der Waals surface area (Å²) in [5.41, 5.74) is 1.11. The number of nitrogens with one attached hydrogen (secondary N) is 1. The van der Waals surface area contributed by atoms with Gasteiger partial charge in [0, 0.05) is 37.0 Å². The monoisotopic (exact) mass is 533 g/mol. The van der Waals surface area contributed by atoms with Crippen molar-refractivity contribution in [3.63, 3.8) is 0 Å². The summed E-state index contributed by atoms with van der Waals surface area (Å²) in [6.07, 6.45) is 6.83. The lowest BCUT2D eigenvalue weighted by Crippen LogP contribution is -2.52. The standard InChI is InChI=1S/C27H24FN5O4S/c1-38(36,37)24-8-3-2-6-20(24)18-9-11-23(21(28)16-18)32-14-4-7-22(27(32)35)31-26(34)19-10-12-25(29-17-19)33-15-5-13-30-33/h2-3,5-6,8-13,15-17,22H,4,7,14H2,1H3,(H,31,34). The van der Waals surface area contributed by atoms with E-state index >= 15 is 4.39 Å². The zero-order valence-electron chi connectivity index (χ0n) is 20.4. The number of carbonyl (C=O) groups excluding carboxylic acids is 2. The van der Waals surface area contributed by atoms with Crippen LogP contribution in [0.5, 0.6) is 0 Å². The normalized spacial score (nSPS) is 15.9. The van der Waals surface area contributed by atoms with Crippen molar-refractivity contribution in [2.45, 2.75) is 23.8 Å². The molecule has 1 aliphatic heterocycles. The average molecular weight is 534 g/mol. The predicted molar refractivity (Wildman–Crippen MR) is 139 cm³/mol. The van der Waals surface area contributed by atoms with Gasteiger partial charge in [-0.05, 0) is 54.8 Å². The second-order valence-corrected chi connectivity index (χ2v) is 10.9. The van der Waals surface area contributed by atoms with E-state index in [2.05, 4.69) is 15.4 Å². The first-order valence-corrected chi connectivity index (χ1v) is 13.8. The van der Waals surface area contributed by atoms with Crippen molar-refractivity contribution in [1.82, 2.24) is 20.1 Å². The minimum Gasteiger partial charge on any atom is -0.340 e. The predicted octanol–water partition coefficient (Wildman–Crippen LogP) is 3.40. The molecule has 1 fully saturated rings. The van der Waals surface area contributed by atoms with Gasteiger partial charge in [-0.3, -0.25) is 9.59 Å². The molecule has 11 heteroatoms. The lowest BCUT2D eigenvalue weighted by atomic mass is 10.0. The molecule has 194 valence electrons. The molecule has 1 saturated heterocycles. The zero-order chi connectivity index (χ0) is 26.9. The second-order valence-electron chi connectivity index (χ2n) is 8.95.